The molecule has 112 valence electrons. The molecule has 2 rings (SSSR count). The van der Waals surface area contributed by atoms with Gasteiger partial charge in [-0.05, 0) is 69.2 Å². The largest absolute Gasteiger partial charge is 0.329 e. The van der Waals surface area contributed by atoms with Crippen molar-refractivity contribution in [3.05, 3.63) is 0 Å². The number of nitrogens with two attached hydrogens (primary N) is 1. The molecule has 2 aliphatic rings. The molecule has 1 heterocycles. The molecule has 2 unspecified atom stereocenters. The second-order valence-electron chi connectivity index (χ2n) is 8.01. The van der Waals surface area contributed by atoms with Crippen molar-refractivity contribution < 1.29 is 0 Å². The maximum atomic E-state index is 6.12. The first-order valence-corrected chi connectivity index (χ1v) is 8.39. The summed E-state index contributed by atoms with van der Waals surface area (Å²) in [6.07, 6.45) is 8.35. The Morgan fingerprint density at radius 2 is 1.74 bits per heavy atom. The highest BCUT2D eigenvalue weighted by Gasteiger charge is 2.36. The van der Waals surface area contributed by atoms with Crippen LogP contribution in [0.25, 0.3) is 0 Å². The zero-order chi connectivity index (χ0) is 14.0. The van der Waals surface area contributed by atoms with E-state index < -0.39 is 0 Å². The fourth-order valence-corrected chi connectivity index (χ4v) is 4.42. The lowest BCUT2D eigenvalue weighted by Gasteiger charge is -2.42. The van der Waals surface area contributed by atoms with Gasteiger partial charge in [0.2, 0.25) is 0 Å². The standard InChI is InChI=1S/C17H34N2/c1-13-6-5-11-19(13)16(12-18)14-7-9-15(10-8-14)17(2,3)4/h13-16H,5-12,18H2,1-4H3. The maximum absolute atomic E-state index is 6.12. The first-order chi connectivity index (χ1) is 8.93. The molecule has 2 heteroatoms. The fourth-order valence-electron chi connectivity index (χ4n) is 4.42. The van der Waals surface area contributed by atoms with Crippen molar-refractivity contribution in [2.24, 2.45) is 23.0 Å². The molecule has 1 aliphatic heterocycles. The number of nitrogens with zero attached hydrogens (tertiary/aromatic N) is 1. The smallest absolute Gasteiger partial charge is 0.0249 e. The Morgan fingerprint density at radius 1 is 1.11 bits per heavy atom. The average molecular weight is 266 g/mol. The molecule has 2 N–H and O–H groups in total. The summed E-state index contributed by atoms with van der Waals surface area (Å²) in [5, 5.41) is 0. The molecular formula is C17H34N2. The van der Waals surface area contributed by atoms with Crippen LogP contribution in [0.3, 0.4) is 0 Å². The van der Waals surface area contributed by atoms with E-state index in [9.17, 15) is 0 Å². The third kappa shape index (κ3) is 3.52. The lowest BCUT2D eigenvalue weighted by molar-refractivity contribution is 0.0784. The van der Waals surface area contributed by atoms with E-state index in [-0.39, 0.29) is 0 Å². The highest BCUT2D eigenvalue weighted by Crippen LogP contribution is 2.42. The summed E-state index contributed by atoms with van der Waals surface area (Å²) in [5.41, 5.74) is 6.61. The summed E-state index contributed by atoms with van der Waals surface area (Å²) in [6, 6.07) is 1.41. The quantitative estimate of drug-likeness (QED) is 0.845. The SMILES string of the molecule is CC1CCCN1C(CN)C1CCC(C(C)(C)C)CC1. The Bertz CT molecular complexity index is 273. The number of hydrogen-bond donors (Lipinski definition) is 1. The molecule has 0 radical (unpaired) electrons. The minimum Gasteiger partial charge on any atom is -0.329 e. The Kier molecular flexibility index (Phi) is 4.94. The zero-order valence-electron chi connectivity index (χ0n) is 13.5. The van der Waals surface area contributed by atoms with Crippen LogP contribution in [0.1, 0.15) is 66.2 Å². The number of hydrogen-bond acceptors (Lipinski definition) is 2. The van der Waals surface area contributed by atoms with Gasteiger partial charge in [0.25, 0.3) is 0 Å². The average Bonchev–Trinajstić information content (AvgIpc) is 2.76. The van der Waals surface area contributed by atoms with Crippen molar-refractivity contribution in [3.8, 4) is 0 Å². The normalized spacial score (nSPS) is 35.5. The molecule has 0 aromatic carbocycles. The molecule has 0 amide bonds. The topological polar surface area (TPSA) is 29.3 Å². The molecule has 2 nitrogen and oxygen atoms in total. The molecule has 0 bridgehead atoms. The van der Waals surface area contributed by atoms with Crippen LogP contribution in [-0.4, -0.2) is 30.1 Å². The zero-order valence-corrected chi connectivity index (χ0v) is 13.5. The van der Waals surface area contributed by atoms with Crippen molar-refractivity contribution in [1.82, 2.24) is 4.90 Å². The highest BCUT2D eigenvalue weighted by atomic mass is 15.2. The Hall–Kier alpha value is -0.0800. The Balaban J connectivity index is 1.92. The van der Waals surface area contributed by atoms with E-state index in [1.54, 1.807) is 0 Å². The monoisotopic (exact) mass is 266 g/mol. The van der Waals surface area contributed by atoms with E-state index in [1.165, 1.54) is 45.1 Å². The summed E-state index contributed by atoms with van der Waals surface area (Å²) in [4.78, 5) is 2.71. The van der Waals surface area contributed by atoms with Gasteiger partial charge in [-0.2, -0.15) is 0 Å². The predicted octanol–water partition coefficient (Wildman–Crippen LogP) is 3.65. The Labute approximate surface area is 120 Å². The van der Waals surface area contributed by atoms with Gasteiger partial charge in [-0.15, -0.1) is 0 Å². The van der Waals surface area contributed by atoms with Gasteiger partial charge in [-0.25, -0.2) is 0 Å². The first-order valence-electron chi connectivity index (χ1n) is 8.39. The molecule has 2 atom stereocenters. The van der Waals surface area contributed by atoms with E-state index >= 15 is 0 Å². The molecule has 0 aromatic rings. The van der Waals surface area contributed by atoms with Gasteiger partial charge in [0, 0.05) is 18.6 Å². The van der Waals surface area contributed by atoms with Gasteiger partial charge in [-0.1, -0.05) is 20.8 Å². The van der Waals surface area contributed by atoms with Crippen LogP contribution in [0.5, 0.6) is 0 Å². The van der Waals surface area contributed by atoms with Gasteiger partial charge in [-0.3, -0.25) is 4.90 Å². The second-order valence-corrected chi connectivity index (χ2v) is 8.01. The van der Waals surface area contributed by atoms with Gasteiger partial charge >= 0.3 is 0 Å². The third-order valence-corrected chi connectivity index (χ3v) is 5.81. The lowest BCUT2D eigenvalue weighted by atomic mass is 9.68. The Morgan fingerprint density at radius 3 is 2.16 bits per heavy atom. The van der Waals surface area contributed by atoms with E-state index in [0.717, 1.165) is 24.4 Å². The van der Waals surface area contributed by atoms with Crippen LogP contribution >= 0.6 is 0 Å². The molecule has 0 spiro atoms. The van der Waals surface area contributed by atoms with Crippen LogP contribution in [0.15, 0.2) is 0 Å². The van der Waals surface area contributed by atoms with E-state index in [1.807, 2.05) is 0 Å². The van der Waals surface area contributed by atoms with Crippen LogP contribution < -0.4 is 5.73 Å². The van der Waals surface area contributed by atoms with Crippen LogP contribution in [0, 0.1) is 17.3 Å². The molecule has 1 saturated carbocycles. The van der Waals surface area contributed by atoms with E-state index in [4.69, 9.17) is 5.73 Å². The molecule has 1 saturated heterocycles. The number of rotatable bonds is 3. The summed E-state index contributed by atoms with van der Waals surface area (Å²) in [5.74, 6) is 1.77. The summed E-state index contributed by atoms with van der Waals surface area (Å²) >= 11 is 0. The predicted molar refractivity (Wildman–Crippen MR) is 83.1 cm³/mol. The summed E-state index contributed by atoms with van der Waals surface area (Å²) < 4.78 is 0. The third-order valence-electron chi connectivity index (χ3n) is 5.81. The van der Waals surface area contributed by atoms with Crippen LogP contribution in [-0.2, 0) is 0 Å². The van der Waals surface area contributed by atoms with Crippen molar-refractivity contribution in [1.29, 1.82) is 0 Å². The molecule has 1 aliphatic carbocycles. The van der Waals surface area contributed by atoms with Gasteiger partial charge in [0.05, 0.1) is 0 Å². The first kappa shape index (κ1) is 15.3. The minimum atomic E-state index is 0.490. The van der Waals surface area contributed by atoms with Crippen molar-refractivity contribution >= 4 is 0 Å². The number of likely N-dealkylation sites (tertiary alicyclic amines) is 1. The molecule has 0 aromatic heterocycles. The van der Waals surface area contributed by atoms with E-state index in [0.29, 0.717) is 11.5 Å². The van der Waals surface area contributed by atoms with Crippen molar-refractivity contribution in [2.75, 3.05) is 13.1 Å². The molecule has 19 heavy (non-hydrogen) atoms. The van der Waals surface area contributed by atoms with Crippen molar-refractivity contribution in [2.45, 2.75) is 78.3 Å². The maximum Gasteiger partial charge on any atom is 0.0249 e. The minimum absolute atomic E-state index is 0.490. The van der Waals surface area contributed by atoms with Crippen LogP contribution in [0.2, 0.25) is 0 Å². The van der Waals surface area contributed by atoms with Gasteiger partial charge in [0.15, 0.2) is 0 Å². The van der Waals surface area contributed by atoms with Gasteiger partial charge < -0.3 is 5.73 Å². The molecule has 2 fully saturated rings. The fraction of sp³-hybridized carbons (Fsp3) is 1.00. The molecular weight excluding hydrogens is 232 g/mol. The van der Waals surface area contributed by atoms with Gasteiger partial charge in [0.1, 0.15) is 0 Å². The lowest BCUT2D eigenvalue weighted by Crippen LogP contribution is -2.48. The summed E-state index contributed by atoms with van der Waals surface area (Å²) in [6.45, 7) is 11.7. The van der Waals surface area contributed by atoms with Crippen molar-refractivity contribution in [3.63, 3.8) is 0 Å². The van der Waals surface area contributed by atoms with Crippen LogP contribution in [0.4, 0.5) is 0 Å². The van der Waals surface area contributed by atoms with E-state index in [2.05, 4.69) is 32.6 Å². The highest BCUT2D eigenvalue weighted by molar-refractivity contribution is 4.90. The summed E-state index contributed by atoms with van der Waals surface area (Å²) in [7, 11) is 0. The second kappa shape index (κ2) is 6.13.